The summed E-state index contributed by atoms with van der Waals surface area (Å²) in [6, 6.07) is 14.8. The Labute approximate surface area is 168 Å². The predicted octanol–water partition coefficient (Wildman–Crippen LogP) is 2.50. The molecular weight excluding hydrogens is 370 g/mol. The molecule has 0 radical (unpaired) electrons. The average Bonchev–Trinajstić information content (AvgIpc) is 3.17. The van der Waals surface area contributed by atoms with Crippen molar-refractivity contribution in [3.05, 3.63) is 66.0 Å². The fourth-order valence-electron chi connectivity index (χ4n) is 3.30. The van der Waals surface area contributed by atoms with E-state index in [-0.39, 0.29) is 11.9 Å². The minimum atomic E-state index is -0.546. The molecule has 150 valence electrons. The highest BCUT2D eigenvalue weighted by molar-refractivity contribution is 5.81. The van der Waals surface area contributed by atoms with Gasteiger partial charge in [-0.25, -0.2) is 4.68 Å². The fourth-order valence-corrected chi connectivity index (χ4v) is 3.30. The first-order valence-electron chi connectivity index (χ1n) is 9.67. The van der Waals surface area contributed by atoms with Crippen LogP contribution >= 0.6 is 0 Å². The first kappa shape index (κ1) is 18.9. The number of carbonyl (C=O) groups excluding carboxylic acids is 1. The quantitative estimate of drug-likeness (QED) is 0.692. The maximum atomic E-state index is 13.1. The van der Waals surface area contributed by atoms with Gasteiger partial charge in [0.25, 0.3) is 0 Å². The monoisotopic (exact) mass is 393 g/mol. The first-order valence-corrected chi connectivity index (χ1v) is 9.67. The van der Waals surface area contributed by atoms with Gasteiger partial charge in [-0.2, -0.15) is 0 Å². The molecule has 0 saturated heterocycles. The zero-order chi connectivity index (χ0) is 20.1. The number of hydrogen-bond acceptors (Lipinski definition) is 6. The summed E-state index contributed by atoms with van der Waals surface area (Å²) in [5.74, 6) is 1.29. The zero-order valence-corrected chi connectivity index (χ0v) is 16.2. The molecule has 29 heavy (non-hydrogen) atoms. The van der Waals surface area contributed by atoms with Crippen molar-refractivity contribution < 1.29 is 14.3 Å². The molecule has 0 fully saturated rings. The van der Waals surface area contributed by atoms with E-state index in [9.17, 15) is 4.79 Å². The maximum absolute atomic E-state index is 13.1. The largest absolute Gasteiger partial charge is 0.490 e. The van der Waals surface area contributed by atoms with Gasteiger partial charge in [0.05, 0.1) is 19.3 Å². The molecule has 3 aromatic rings. The van der Waals surface area contributed by atoms with Crippen LogP contribution in [0.2, 0.25) is 0 Å². The Balaban J connectivity index is 1.50. The second-order valence-corrected chi connectivity index (χ2v) is 6.98. The van der Waals surface area contributed by atoms with Crippen LogP contribution in [0.4, 0.5) is 0 Å². The Morgan fingerprint density at radius 2 is 1.93 bits per heavy atom. The molecule has 0 spiro atoms. The van der Waals surface area contributed by atoms with Crippen LogP contribution < -0.4 is 14.8 Å². The van der Waals surface area contributed by atoms with Gasteiger partial charge < -0.3 is 14.8 Å². The van der Waals surface area contributed by atoms with Gasteiger partial charge in [-0.1, -0.05) is 36.4 Å². The number of hydrogen-bond donors (Lipinski definition) is 1. The fraction of sp³-hybridized carbons (Fsp3) is 0.333. The number of tetrazole rings is 1. The Morgan fingerprint density at radius 1 is 1.14 bits per heavy atom. The number of carbonyl (C=O) groups is 1. The van der Waals surface area contributed by atoms with Crippen LogP contribution in [0.15, 0.2) is 54.9 Å². The van der Waals surface area contributed by atoms with Crippen LogP contribution in [0, 0.1) is 0 Å². The summed E-state index contributed by atoms with van der Waals surface area (Å²) in [5, 5.41) is 14.4. The highest BCUT2D eigenvalue weighted by Crippen LogP contribution is 2.32. The minimum absolute atomic E-state index is 0.152. The van der Waals surface area contributed by atoms with Crippen molar-refractivity contribution in [3.8, 4) is 11.5 Å². The number of amides is 1. The molecule has 8 heteroatoms. The third kappa shape index (κ3) is 4.53. The Kier molecular flexibility index (Phi) is 5.69. The Hall–Kier alpha value is -3.42. The number of aromatic nitrogens is 4. The number of fused-ring (bicyclic) bond motifs is 1. The van der Waals surface area contributed by atoms with Gasteiger partial charge in [0.2, 0.25) is 5.91 Å². The van der Waals surface area contributed by atoms with Gasteiger partial charge in [0.1, 0.15) is 12.4 Å². The van der Waals surface area contributed by atoms with Crippen molar-refractivity contribution in [2.24, 2.45) is 0 Å². The Bertz CT molecular complexity index is 946. The lowest BCUT2D eigenvalue weighted by molar-refractivity contribution is -0.125. The van der Waals surface area contributed by atoms with Crippen molar-refractivity contribution >= 4 is 5.91 Å². The van der Waals surface area contributed by atoms with E-state index in [0.717, 1.165) is 23.3 Å². The minimum Gasteiger partial charge on any atom is -0.490 e. The SMILES string of the molecule is CC(NC(=O)C(Cc1ccccc1)n1cnnn1)c1ccc2c(c1)OCCCO2. The van der Waals surface area contributed by atoms with E-state index >= 15 is 0 Å². The van der Waals surface area contributed by atoms with Crippen molar-refractivity contribution in [2.75, 3.05) is 13.2 Å². The molecule has 8 nitrogen and oxygen atoms in total. The number of rotatable bonds is 6. The zero-order valence-electron chi connectivity index (χ0n) is 16.2. The summed E-state index contributed by atoms with van der Waals surface area (Å²) in [4.78, 5) is 13.1. The molecule has 0 aliphatic carbocycles. The van der Waals surface area contributed by atoms with E-state index in [1.165, 1.54) is 11.0 Å². The van der Waals surface area contributed by atoms with Crippen LogP contribution in [0.25, 0.3) is 0 Å². The molecule has 1 aliphatic rings. The van der Waals surface area contributed by atoms with Crippen molar-refractivity contribution in [2.45, 2.75) is 31.8 Å². The molecular formula is C21H23N5O3. The molecule has 1 aromatic heterocycles. The third-order valence-electron chi connectivity index (χ3n) is 4.89. The van der Waals surface area contributed by atoms with Gasteiger partial charge in [0, 0.05) is 12.8 Å². The summed E-state index contributed by atoms with van der Waals surface area (Å²) >= 11 is 0. The molecule has 2 heterocycles. The summed E-state index contributed by atoms with van der Waals surface area (Å²) in [7, 11) is 0. The molecule has 4 rings (SSSR count). The lowest BCUT2D eigenvalue weighted by atomic mass is 10.0. The van der Waals surface area contributed by atoms with Crippen LogP contribution in [-0.2, 0) is 11.2 Å². The molecule has 0 saturated carbocycles. The summed E-state index contributed by atoms with van der Waals surface area (Å²) < 4.78 is 12.9. The molecule has 2 aromatic carbocycles. The van der Waals surface area contributed by atoms with Crippen molar-refractivity contribution in [1.29, 1.82) is 0 Å². The van der Waals surface area contributed by atoms with Gasteiger partial charge >= 0.3 is 0 Å². The molecule has 2 atom stereocenters. The van der Waals surface area contributed by atoms with Gasteiger partial charge in [-0.05, 0) is 40.6 Å². The highest BCUT2D eigenvalue weighted by Gasteiger charge is 2.24. The molecule has 2 unspecified atom stereocenters. The van der Waals surface area contributed by atoms with Crippen molar-refractivity contribution in [3.63, 3.8) is 0 Å². The smallest absolute Gasteiger partial charge is 0.245 e. The number of nitrogens with zero attached hydrogens (tertiary/aromatic N) is 4. The lowest BCUT2D eigenvalue weighted by Gasteiger charge is -2.21. The number of benzene rings is 2. The molecule has 1 aliphatic heterocycles. The van der Waals surface area contributed by atoms with Gasteiger partial charge in [0.15, 0.2) is 11.5 Å². The average molecular weight is 393 g/mol. The van der Waals surface area contributed by atoms with Gasteiger partial charge in [-0.3, -0.25) is 4.79 Å². The normalized spacial score (nSPS) is 15.2. The molecule has 1 N–H and O–H groups in total. The van der Waals surface area contributed by atoms with E-state index < -0.39 is 6.04 Å². The maximum Gasteiger partial charge on any atom is 0.245 e. The molecule has 0 bridgehead atoms. The number of ether oxygens (including phenoxy) is 2. The second kappa shape index (κ2) is 8.72. The third-order valence-corrected chi connectivity index (χ3v) is 4.89. The topological polar surface area (TPSA) is 91.2 Å². The standard InChI is InChI=1S/C21H23N5O3/c1-15(17-8-9-19-20(13-17)29-11-5-10-28-19)23-21(27)18(26-14-22-24-25-26)12-16-6-3-2-4-7-16/h2-4,6-9,13-15,18H,5,10-12H2,1H3,(H,23,27). The molecule has 1 amide bonds. The van der Waals surface area contributed by atoms with Crippen LogP contribution in [0.3, 0.4) is 0 Å². The lowest BCUT2D eigenvalue weighted by Crippen LogP contribution is -2.35. The predicted molar refractivity (Wildman–Crippen MR) is 106 cm³/mol. The highest BCUT2D eigenvalue weighted by atomic mass is 16.5. The first-order chi connectivity index (χ1) is 14.2. The van der Waals surface area contributed by atoms with E-state index in [2.05, 4.69) is 20.8 Å². The summed E-state index contributed by atoms with van der Waals surface area (Å²) in [6.45, 7) is 3.21. The van der Waals surface area contributed by atoms with Crippen LogP contribution in [-0.4, -0.2) is 39.3 Å². The van der Waals surface area contributed by atoms with Crippen LogP contribution in [0.1, 0.15) is 36.6 Å². The second-order valence-electron chi connectivity index (χ2n) is 6.98. The summed E-state index contributed by atoms with van der Waals surface area (Å²) in [5.41, 5.74) is 1.98. The van der Waals surface area contributed by atoms with E-state index in [4.69, 9.17) is 9.47 Å². The number of nitrogens with one attached hydrogen (secondary N) is 1. The summed E-state index contributed by atoms with van der Waals surface area (Å²) in [6.07, 6.45) is 2.81. The Morgan fingerprint density at radius 3 is 2.69 bits per heavy atom. The van der Waals surface area contributed by atoms with E-state index in [1.807, 2.05) is 55.5 Å². The van der Waals surface area contributed by atoms with E-state index in [0.29, 0.717) is 25.4 Å². The van der Waals surface area contributed by atoms with Gasteiger partial charge in [-0.15, -0.1) is 5.10 Å². The van der Waals surface area contributed by atoms with Crippen molar-refractivity contribution in [1.82, 2.24) is 25.5 Å². The van der Waals surface area contributed by atoms with E-state index in [1.54, 1.807) is 0 Å². The van der Waals surface area contributed by atoms with Crippen LogP contribution in [0.5, 0.6) is 11.5 Å².